The summed E-state index contributed by atoms with van der Waals surface area (Å²) in [5.41, 5.74) is 2.07. The van der Waals surface area contributed by atoms with E-state index in [1.54, 1.807) is 23.1 Å². The van der Waals surface area contributed by atoms with Gasteiger partial charge in [-0.15, -0.1) is 11.3 Å². The average molecular weight is 363 g/mol. The lowest BCUT2D eigenvalue weighted by Gasteiger charge is -2.20. The Hall–Kier alpha value is -1.88. The van der Waals surface area contributed by atoms with Crippen LogP contribution in [0, 0.1) is 6.92 Å². The number of hydrogen-bond acceptors (Lipinski definition) is 3. The number of nitrogens with zero attached hydrogens (tertiary/aromatic N) is 2. The Labute approximate surface area is 148 Å². The minimum Gasteiger partial charge on any atom is -0.268 e. The molecule has 1 amide bonds. The van der Waals surface area contributed by atoms with Crippen molar-refractivity contribution in [3.05, 3.63) is 75.2 Å². The van der Waals surface area contributed by atoms with E-state index in [1.807, 2.05) is 42.6 Å². The fourth-order valence-corrected chi connectivity index (χ4v) is 3.21. The summed E-state index contributed by atoms with van der Waals surface area (Å²) in [6.07, 6.45) is 0. The van der Waals surface area contributed by atoms with E-state index in [-0.39, 0.29) is 5.91 Å². The molecule has 0 N–H and O–H groups in total. The number of anilines is 2. The number of rotatable bonds is 3. The normalized spacial score (nSPS) is 10.6. The van der Waals surface area contributed by atoms with Crippen LogP contribution in [0.4, 0.5) is 10.8 Å². The van der Waals surface area contributed by atoms with Gasteiger partial charge in [0.2, 0.25) is 0 Å². The number of benzene rings is 2. The zero-order valence-corrected chi connectivity index (χ0v) is 14.5. The van der Waals surface area contributed by atoms with E-state index < -0.39 is 0 Å². The number of carbonyl (C=O) groups is 1. The van der Waals surface area contributed by atoms with Gasteiger partial charge in [0.1, 0.15) is 0 Å². The molecule has 0 aliphatic rings. The van der Waals surface area contributed by atoms with Crippen LogP contribution in [-0.2, 0) is 0 Å². The maximum Gasteiger partial charge on any atom is 0.264 e. The topological polar surface area (TPSA) is 33.2 Å². The molecule has 0 spiro atoms. The third-order valence-corrected chi connectivity index (χ3v) is 4.86. The van der Waals surface area contributed by atoms with Crippen molar-refractivity contribution in [3.8, 4) is 0 Å². The van der Waals surface area contributed by atoms with Crippen molar-refractivity contribution in [1.82, 2.24) is 4.98 Å². The Balaban J connectivity index is 2.07. The van der Waals surface area contributed by atoms with Gasteiger partial charge in [-0.1, -0.05) is 41.4 Å². The summed E-state index contributed by atoms with van der Waals surface area (Å²) in [6.45, 7) is 1.90. The molecule has 0 atom stereocenters. The summed E-state index contributed by atoms with van der Waals surface area (Å²) in [6, 6.07) is 14.2. The van der Waals surface area contributed by atoms with E-state index in [1.165, 1.54) is 11.3 Å². The molecule has 23 heavy (non-hydrogen) atoms. The highest BCUT2D eigenvalue weighted by atomic mass is 35.5. The number of thiazole rings is 1. The molecule has 0 aliphatic heterocycles. The van der Waals surface area contributed by atoms with Gasteiger partial charge in [0.25, 0.3) is 5.91 Å². The van der Waals surface area contributed by atoms with Gasteiger partial charge < -0.3 is 0 Å². The second-order valence-corrected chi connectivity index (χ2v) is 6.53. The second kappa shape index (κ2) is 6.71. The summed E-state index contributed by atoms with van der Waals surface area (Å²) in [5, 5.41) is 3.29. The molecule has 6 heteroatoms. The predicted molar refractivity (Wildman–Crippen MR) is 96.2 cm³/mol. The highest BCUT2D eigenvalue weighted by molar-refractivity contribution is 7.14. The van der Waals surface area contributed by atoms with Gasteiger partial charge in [0, 0.05) is 10.9 Å². The standard InChI is InChI=1S/C17H12Cl2N2OS/c1-11-10-23-17(20-11)21(13-5-3-2-4-6-13)16(22)12-7-8-14(18)15(19)9-12/h2-10H,1H3. The summed E-state index contributed by atoms with van der Waals surface area (Å²) >= 11 is 13.4. The third-order valence-electron chi connectivity index (χ3n) is 3.18. The fourth-order valence-electron chi connectivity index (χ4n) is 2.09. The Morgan fingerprint density at radius 1 is 1.09 bits per heavy atom. The lowest BCUT2D eigenvalue weighted by molar-refractivity contribution is 0.0999. The molecule has 0 aliphatic carbocycles. The van der Waals surface area contributed by atoms with Crippen LogP contribution in [-0.4, -0.2) is 10.9 Å². The van der Waals surface area contributed by atoms with E-state index in [0.717, 1.165) is 11.4 Å². The molecule has 3 aromatic rings. The van der Waals surface area contributed by atoms with Crippen molar-refractivity contribution in [2.45, 2.75) is 6.92 Å². The average Bonchev–Trinajstić information content (AvgIpc) is 2.97. The maximum atomic E-state index is 13.0. The van der Waals surface area contributed by atoms with Crippen LogP contribution in [0.3, 0.4) is 0 Å². The first-order chi connectivity index (χ1) is 11.1. The molecular weight excluding hydrogens is 351 g/mol. The third kappa shape index (κ3) is 3.39. The largest absolute Gasteiger partial charge is 0.268 e. The lowest BCUT2D eigenvalue weighted by Crippen LogP contribution is -2.25. The van der Waals surface area contributed by atoms with Gasteiger partial charge in [0.05, 0.1) is 21.4 Å². The van der Waals surface area contributed by atoms with Crippen LogP contribution in [0.15, 0.2) is 53.9 Å². The molecule has 0 unspecified atom stereocenters. The van der Waals surface area contributed by atoms with E-state index in [2.05, 4.69) is 4.98 Å². The summed E-state index contributed by atoms with van der Waals surface area (Å²) in [5.74, 6) is -0.205. The van der Waals surface area contributed by atoms with E-state index >= 15 is 0 Å². The minimum atomic E-state index is -0.205. The monoisotopic (exact) mass is 362 g/mol. The number of hydrogen-bond donors (Lipinski definition) is 0. The zero-order chi connectivity index (χ0) is 16.4. The predicted octanol–water partition coefficient (Wildman–Crippen LogP) is 5.74. The SMILES string of the molecule is Cc1csc(N(C(=O)c2ccc(Cl)c(Cl)c2)c2ccccc2)n1. The van der Waals surface area contributed by atoms with E-state index in [4.69, 9.17) is 23.2 Å². The molecule has 0 radical (unpaired) electrons. The first-order valence-corrected chi connectivity index (χ1v) is 8.46. The molecule has 1 aromatic heterocycles. The van der Waals surface area contributed by atoms with Gasteiger partial charge in [-0.2, -0.15) is 0 Å². The highest BCUT2D eigenvalue weighted by Crippen LogP contribution is 2.31. The quantitative estimate of drug-likeness (QED) is 0.595. The van der Waals surface area contributed by atoms with Crippen molar-refractivity contribution in [2.24, 2.45) is 0 Å². The van der Waals surface area contributed by atoms with Crippen molar-refractivity contribution < 1.29 is 4.79 Å². The van der Waals surface area contributed by atoms with Crippen LogP contribution in [0.1, 0.15) is 16.1 Å². The van der Waals surface area contributed by atoms with Crippen molar-refractivity contribution >= 4 is 51.3 Å². The Morgan fingerprint density at radius 2 is 1.83 bits per heavy atom. The van der Waals surface area contributed by atoms with Gasteiger partial charge in [-0.3, -0.25) is 9.69 Å². The molecule has 0 saturated heterocycles. The Bertz CT molecular complexity index is 849. The molecule has 0 fully saturated rings. The molecule has 2 aromatic carbocycles. The molecule has 3 rings (SSSR count). The maximum absolute atomic E-state index is 13.0. The zero-order valence-electron chi connectivity index (χ0n) is 12.2. The number of amides is 1. The van der Waals surface area contributed by atoms with E-state index in [0.29, 0.717) is 20.7 Å². The summed E-state index contributed by atoms with van der Waals surface area (Å²) < 4.78 is 0. The Kier molecular flexibility index (Phi) is 4.66. The summed E-state index contributed by atoms with van der Waals surface area (Å²) in [4.78, 5) is 19.0. The molecule has 0 saturated carbocycles. The molecule has 116 valence electrons. The van der Waals surface area contributed by atoms with Gasteiger partial charge in [0.15, 0.2) is 5.13 Å². The van der Waals surface area contributed by atoms with Gasteiger partial charge >= 0.3 is 0 Å². The first kappa shape index (κ1) is 16.0. The summed E-state index contributed by atoms with van der Waals surface area (Å²) in [7, 11) is 0. The molecule has 0 bridgehead atoms. The Morgan fingerprint density at radius 3 is 2.43 bits per heavy atom. The van der Waals surface area contributed by atoms with Crippen LogP contribution >= 0.6 is 34.5 Å². The molecule has 1 heterocycles. The van der Waals surface area contributed by atoms with Crippen LogP contribution in [0.5, 0.6) is 0 Å². The number of halogens is 2. The number of para-hydroxylation sites is 1. The molecule has 3 nitrogen and oxygen atoms in total. The van der Waals surface area contributed by atoms with Gasteiger partial charge in [-0.25, -0.2) is 4.98 Å². The number of aromatic nitrogens is 1. The number of aryl methyl sites for hydroxylation is 1. The van der Waals surface area contributed by atoms with Crippen molar-refractivity contribution in [3.63, 3.8) is 0 Å². The van der Waals surface area contributed by atoms with Crippen LogP contribution in [0.2, 0.25) is 10.0 Å². The van der Waals surface area contributed by atoms with Gasteiger partial charge in [-0.05, 0) is 37.3 Å². The van der Waals surface area contributed by atoms with Crippen molar-refractivity contribution in [2.75, 3.05) is 4.90 Å². The molecular formula is C17H12Cl2N2OS. The minimum absolute atomic E-state index is 0.205. The highest BCUT2D eigenvalue weighted by Gasteiger charge is 2.22. The fraction of sp³-hybridized carbons (Fsp3) is 0.0588. The first-order valence-electron chi connectivity index (χ1n) is 6.83. The van der Waals surface area contributed by atoms with Crippen LogP contribution in [0.25, 0.3) is 0 Å². The smallest absolute Gasteiger partial charge is 0.264 e. The van der Waals surface area contributed by atoms with Crippen molar-refractivity contribution in [1.29, 1.82) is 0 Å². The lowest BCUT2D eigenvalue weighted by atomic mass is 10.2. The number of carbonyl (C=O) groups excluding carboxylic acids is 1. The van der Waals surface area contributed by atoms with E-state index in [9.17, 15) is 4.79 Å². The second-order valence-electron chi connectivity index (χ2n) is 4.88. The van der Waals surface area contributed by atoms with Crippen LogP contribution < -0.4 is 4.90 Å².